The van der Waals surface area contributed by atoms with E-state index < -0.39 is 0 Å². The van der Waals surface area contributed by atoms with Gasteiger partial charge in [-0.3, -0.25) is 0 Å². The van der Waals surface area contributed by atoms with Gasteiger partial charge in [0.1, 0.15) is 5.03 Å². The molecule has 78 valence electrons. The van der Waals surface area contributed by atoms with Crippen LogP contribution in [0.25, 0.3) is 0 Å². The van der Waals surface area contributed by atoms with Crippen molar-refractivity contribution in [1.82, 2.24) is 4.98 Å². The number of rotatable bonds is 3. The zero-order valence-electron chi connectivity index (χ0n) is 7.87. The fourth-order valence-electron chi connectivity index (χ4n) is 0.763. The Bertz CT molecular complexity index is 322. The van der Waals surface area contributed by atoms with E-state index in [0.29, 0.717) is 5.02 Å². The van der Waals surface area contributed by atoms with Gasteiger partial charge in [0, 0.05) is 15.9 Å². The summed E-state index contributed by atoms with van der Waals surface area (Å²) < 4.78 is 0.858. The lowest BCUT2D eigenvalue weighted by atomic mass is 10.3. The molecule has 1 N–H and O–H groups in total. The van der Waals surface area contributed by atoms with Crippen molar-refractivity contribution in [3.63, 3.8) is 0 Å². The lowest BCUT2D eigenvalue weighted by Gasteiger charge is -2.13. The third-order valence-electron chi connectivity index (χ3n) is 1.75. The van der Waals surface area contributed by atoms with E-state index >= 15 is 0 Å². The predicted octanol–water partition coefficient (Wildman–Crippen LogP) is 3.36. The Kier molecular flexibility index (Phi) is 4.70. The van der Waals surface area contributed by atoms with Crippen LogP contribution in [0.4, 0.5) is 0 Å². The average molecular weight is 297 g/mol. The van der Waals surface area contributed by atoms with Crippen molar-refractivity contribution >= 4 is 39.3 Å². The zero-order chi connectivity index (χ0) is 10.7. The maximum Gasteiger partial charge on any atom is 0.115 e. The first kappa shape index (κ1) is 12.3. The van der Waals surface area contributed by atoms with E-state index in [2.05, 4.69) is 20.9 Å². The van der Waals surface area contributed by atoms with Gasteiger partial charge in [-0.1, -0.05) is 30.3 Å². The van der Waals surface area contributed by atoms with Gasteiger partial charge in [-0.2, -0.15) is 0 Å². The predicted molar refractivity (Wildman–Crippen MR) is 63.9 cm³/mol. The van der Waals surface area contributed by atoms with E-state index in [1.165, 1.54) is 11.8 Å². The molecule has 0 bridgehead atoms. The van der Waals surface area contributed by atoms with Crippen LogP contribution in [0.3, 0.4) is 0 Å². The van der Waals surface area contributed by atoms with Gasteiger partial charge in [0.05, 0.1) is 11.1 Å². The summed E-state index contributed by atoms with van der Waals surface area (Å²) in [5.74, 6) is 0. The number of nitrogens with zero attached hydrogens (tertiary/aromatic N) is 1. The number of pyridine rings is 1. The van der Waals surface area contributed by atoms with Crippen molar-refractivity contribution in [2.24, 2.45) is 0 Å². The van der Waals surface area contributed by atoms with E-state index in [-0.39, 0.29) is 11.4 Å². The second-order valence-corrected chi connectivity index (χ2v) is 5.69. The van der Waals surface area contributed by atoms with Crippen LogP contribution in [0.15, 0.2) is 21.8 Å². The van der Waals surface area contributed by atoms with Gasteiger partial charge < -0.3 is 5.11 Å². The molecule has 0 spiro atoms. The van der Waals surface area contributed by atoms with Crippen molar-refractivity contribution in [3.8, 4) is 0 Å². The Morgan fingerprint density at radius 2 is 2.21 bits per heavy atom. The highest BCUT2D eigenvalue weighted by Gasteiger charge is 2.13. The summed E-state index contributed by atoms with van der Waals surface area (Å²) in [4.78, 5) is 4.17. The fraction of sp³-hybridized carbons (Fsp3) is 0.444. The molecule has 1 heterocycles. The number of hydrogen-bond acceptors (Lipinski definition) is 3. The molecule has 0 aliphatic rings. The normalized spacial score (nSPS) is 15.2. The van der Waals surface area contributed by atoms with Gasteiger partial charge in [-0.25, -0.2) is 4.98 Å². The van der Waals surface area contributed by atoms with Gasteiger partial charge in [-0.15, -0.1) is 0 Å². The van der Waals surface area contributed by atoms with Gasteiger partial charge in [0.25, 0.3) is 0 Å². The topological polar surface area (TPSA) is 33.1 Å². The van der Waals surface area contributed by atoms with Crippen molar-refractivity contribution in [3.05, 3.63) is 21.8 Å². The lowest BCUT2D eigenvalue weighted by Crippen LogP contribution is -2.15. The molecule has 0 radical (unpaired) electrons. The number of halogens is 2. The molecule has 5 heteroatoms. The molecule has 0 aliphatic carbocycles. The van der Waals surface area contributed by atoms with Gasteiger partial charge in [0.15, 0.2) is 0 Å². The van der Waals surface area contributed by atoms with Crippen molar-refractivity contribution in [2.45, 2.75) is 30.2 Å². The molecule has 0 aliphatic heterocycles. The minimum Gasteiger partial charge on any atom is -0.392 e. The first-order valence-electron chi connectivity index (χ1n) is 4.16. The molecule has 0 saturated carbocycles. The molecule has 0 fully saturated rings. The van der Waals surface area contributed by atoms with E-state index in [9.17, 15) is 5.11 Å². The van der Waals surface area contributed by atoms with E-state index in [1.54, 1.807) is 19.2 Å². The average Bonchev–Trinajstić information content (AvgIpc) is 2.09. The molecule has 0 saturated heterocycles. The van der Waals surface area contributed by atoms with Crippen LogP contribution in [0.1, 0.15) is 13.8 Å². The first-order valence-corrected chi connectivity index (χ1v) is 6.21. The molecule has 0 amide bonds. The highest BCUT2D eigenvalue weighted by molar-refractivity contribution is 9.10. The molecule has 1 rings (SSSR count). The molecule has 2 unspecified atom stereocenters. The van der Waals surface area contributed by atoms with Gasteiger partial charge in [0.2, 0.25) is 0 Å². The molecular weight excluding hydrogens is 286 g/mol. The highest BCUT2D eigenvalue weighted by atomic mass is 79.9. The summed E-state index contributed by atoms with van der Waals surface area (Å²) in [7, 11) is 0. The second kappa shape index (κ2) is 5.35. The van der Waals surface area contributed by atoms with E-state index in [0.717, 1.165) is 9.50 Å². The van der Waals surface area contributed by atoms with E-state index in [4.69, 9.17) is 11.6 Å². The smallest absolute Gasteiger partial charge is 0.115 e. The number of hydrogen-bond donors (Lipinski definition) is 1. The third kappa shape index (κ3) is 3.42. The maximum absolute atomic E-state index is 9.33. The maximum atomic E-state index is 9.33. The summed E-state index contributed by atoms with van der Waals surface area (Å²) in [5, 5.41) is 10.8. The summed E-state index contributed by atoms with van der Waals surface area (Å²) in [6.07, 6.45) is 1.32. The Morgan fingerprint density at radius 1 is 1.57 bits per heavy atom. The van der Waals surface area contributed by atoms with Gasteiger partial charge in [-0.05, 0) is 28.9 Å². The Balaban J connectivity index is 2.77. The van der Waals surface area contributed by atoms with Crippen LogP contribution in [0.2, 0.25) is 5.02 Å². The van der Waals surface area contributed by atoms with Crippen LogP contribution in [0, 0.1) is 0 Å². The number of aromatic nitrogens is 1. The zero-order valence-corrected chi connectivity index (χ0v) is 11.0. The van der Waals surface area contributed by atoms with Crippen molar-refractivity contribution in [1.29, 1.82) is 0 Å². The lowest BCUT2D eigenvalue weighted by molar-refractivity contribution is 0.196. The van der Waals surface area contributed by atoms with Crippen LogP contribution < -0.4 is 0 Å². The number of thioether (sulfide) groups is 1. The SMILES string of the molecule is CC(O)C(C)Sc1ncc(Br)cc1Cl. The van der Waals surface area contributed by atoms with Gasteiger partial charge >= 0.3 is 0 Å². The summed E-state index contributed by atoms with van der Waals surface area (Å²) in [5.41, 5.74) is 0. The summed E-state index contributed by atoms with van der Waals surface area (Å²) >= 11 is 10.7. The minimum absolute atomic E-state index is 0.0844. The molecule has 0 aromatic carbocycles. The van der Waals surface area contributed by atoms with Crippen LogP contribution in [0.5, 0.6) is 0 Å². The van der Waals surface area contributed by atoms with E-state index in [1.807, 2.05) is 6.92 Å². The van der Waals surface area contributed by atoms with Crippen LogP contribution >= 0.6 is 39.3 Å². The van der Waals surface area contributed by atoms with Crippen LogP contribution in [-0.4, -0.2) is 21.4 Å². The van der Waals surface area contributed by atoms with Crippen molar-refractivity contribution in [2.75, 3.05) is 0 Å². The quantitative estimate of drug-likeness (QED) is 0.868. The Labute approximate surface area is 101 Å². The summed E-state index contributed by atoms with van der Waals surface area (Å²) in [6.45, 7) is 3.69. The number of aliphatic hydroxyl groups is 1. The molecular formula is C9H11BrClNOS. The standard InChI is InChI=1S/C9H11BrClNOS/c1-5(13)6(2)14-9-8(11)3-7(10)4-12-9/h3-6,13H,1-2H3. The molecule has 1 aromatic rings. The Morgan fingerprint density at radius 3 is 2.71 bits per heavy atom. The Hall–Kier alpha value is 0.230. The minimum atomic E-state index is -0.374. The molecule has 2 nitrogen and oxygen atoms in total. The monoisotopic (exact) mass is 295 g/mol. The first-order chi connectivity index (χ1) is 6.50. The fourth-order valence-corrected chi connectivity index (χ4v) is 2.36. The molecule has 14 heavy (non-hydrogen) atoms. The highest BCUT2D eigenvalue weighted by Crippen LogP contribution is 2.31. The molecule has 1 aromatic heterocycles. The van der Waals surface area contributed by atoms with Crippen LogP contribution in [-0.2, 0) is 0 Å². The second-order valence-electron chi connectivity index (χ2n) is 3.00. The van der Waals surface area contributed by atoms with Crippen molar-refractivity contribution < 1.29 is 5.11 Å². The largest absolute Gasteiger partial charge is 0.392 e. The molecule has 2 atom stereocenters. The number of aliphatic hydroxyl groups excluding tert-OH is 1. The third-order valence-corrected chi connectivity index (χ3v) is 3.90. The summed E-state index contributed by atoms with van der Waals surface area (Å²) in [6, 6.07) is 1.80.